The summed E-state index contributed by atoms with van der Waals surface area (Å²) < 4.78 is 21.5. The molecule has 0 saturated carbocycles. The summed E-state index contributed by atoms with van der Waals surface area (Å²) in [6, 6.07) is 0. The van der Waals surface area contributed by atoms with Crippen molar-refractivity contribution in [1.29, 1.82) is 0 Å². The molecule has 0 amide bonds. The molecule has 0 aromatic rings. The van der Waals surface area contributed by atoms with Crippen LogP contribution in [0.15, 0.2) is 0 Å². The molecule has 0 radical (unpaired) electrons. The van der Waals surface area contributed by atoms with Crippen molar-refractivity contribution in [1.82, 2.24) is 0 Å². The van der Waals surface area contributed by atoms with Crippen LogP contribution in [0, 0.1) is 0 Å². The highest BCUT2D eigenvalue weighted by atomic mass is 32.2. The first-order chi connectivity index (χ1) is 9.56. The SMILES string of the molecule is CCCCCCCCCCCCCCCCS(N)(=O)=O. The fourth-order valence-electron chi connectivity index (χ4n) is 2.50. The van der Waals surface area contributed by atoms with Gasteiger partial charge in [-0.2, -0.15) is 0 Å². The van der Waals surface area contributed by atoms with Crippen molar-refractivity contribution < 1.29 is 8.42 Å². The van der Waals surface area contributed by atoms with Gasteiger partial charge in [0.05, 0.1) is 5.75 Å². The third-order valence-corrected chi connectivity index (χ3v) is 4.64. The van der Waals surface area contributed by atoms with Crippen LogP contribution in [-0.4, -0.2) is 14.2 Å². The van der Waals surface area contributed by atoms with E-state index in [0.717, 1.165) is 19.3 Å². The zero-order chi connectivity index (χ0) is 15.1. The van der Waals surface area contributed by atoms with Crippen LogP contribution in [0.4, 0.5) is 0 Å². The Morgan fingerprint density at radius 2 is 0.900 bits per heavy atom. The molecule has 0 fully saturated rings. The molecule has 0 aromatic carbocycles. The van der Waals surface area contributed by atoms with Gasteiger partial charge in [0.25, 0.3) is 0 Å². The van der Waals surface area contributed by atoms with Gasteiger partial charge in [-0.25, -0.2) is 13.6 Å². The van der Waals surface area contributed by atoms with E-state index in [1.165, 1.54) is 70.6 Å². The molecular formula is C16H35NO2S. The van der Waals surface area contributed by atoms with Crippen molar-refractivity contribution >= 4 is 10.0 Å². The number of rotatable bonds is 15. The topological polar surface area (TPSA) is 60.2 Å². The van der Waals surface area contributed by atoms with Crippen molar-refractivity contribution in [2.45, 2.75) is 96.8 Å². The molecule has 0 heterocycles. The van der Waals surface area contributed by atoms with E-state index in [9.17, 15) is 8.42 Å². The third-order valence-electron chi connectivity index (χ3n) is 3.78. The van der Waals surface area contributed by atoms with Crippen LogP contribution in [0.2, 0.25) is 0 Å². The fraction of sp³-hybridized carbons (Fsp3) is 1.00. The molecule has 122 valence electrons. The minimum absolute atomic E-state index is 0.144. The summed E-state index contributed by atoms with van der Waals surface area (Å²) in [5.41, 5.74) is 0. The number of primary sulfonamides is 1. The van der Waals surface area contributed by atoms with Crippen LogP contribution in [-0.2, 0) is 10.0 Å². The van der Waals surface area contributed by atoms with E-state index in [4.69, 9.17) is 5.14 Å². The number of sulfonamides is 1. The Kier molecular flexibility index (Phi) is 13.8. The van der Waals surface area contributed by atoms with Gasteiger partial charge in [-0.05, 0) is 6.42 Å². The average molecular weight is 306 g/mol. The van der Waals surface area contributed by atoms with Crippen LogP contribution in [0.25, 0.3) is 0 Å². The lowest BCUT2D eigenvalue weighted by atomic mass is 10.0. The Morgan fingerprint density at radius 3 is 1.20 bits per heavy atom. The average Bonchev–Trinajstić information content (AvgIpc) is 2.38. The van der Waals surface area contributed by atoms with Crippen molar-refractivity contribution in [3.8, 4) is 0 Å². The van der Waals surface area contributed by atoms with Gasteiger partial charge in [0.1, 0.15) is 0 Å². The molecule has 0 aliphatic carbocycles. The van der Waals surface area contributed by atoms with E-state index >= 15 is 0 Å². The van der Waals surface area contributed by atoms with Gasteiger partial charge in [-0.3, -0.25) is 0 Å². The molecule has 0 rings (SSSR count). The predicted octanol–water partition coefficient (Wildman–Crippen LogP) is 4.76. The van der Waals surface area contributed by atoms with Gasteiger partial charge in [-0.1, -0.05) is 90.4 Å². The summed E-state index contributed by atoms with van der Waals surface area (Å²) in [6.07, 6.45) is 17.8. The first-order valence-corrected chi connectivity index (χ1v) is 10.3. The summed E-state index contributed by atoms with van der Waals surface area (Å²) in [5.74, 6) is 0.144. The van der Waals surface area contributed by atoms with Crippen LogP contribution in [0.3, 0.4) is 0 Å². The largest absolute Gasteiger partial charge is 0.229 e. The van der Waals surface area contributed by atoms with Crippen molar-refractivity contribution in [2.24, 2.45) is 5.14 Å². The van der Waals surface area contributed by atoms with E-state index in [1.807, 2.05) is 0 Å². The number of hydrogen-bond acceptors (Lipinski definition) is 2. The summed E-state index contributed by atoms with van der Waals surface area (Å²) >= 11 is 0. The Bertz CT molecular complexity index is 289. The zero-order valence-electron chi connectivity index (χ0n) is 13.4. The molecule has 0 unspecified atom stereocenters. The molecule has 0 bridgehead atoms. The van der Waals surface area contributed by atoms with Gasteiger partial charge in [0, 0.05) is 0 Å². The molecule has 0 spiro atoms. The molecule has 4 heteroatoms. The predicted molar refractivity (Wildman–Crippen MR) is 88.3 cm³/mol. The van der Waals surface area contributed by atoms with Crippen molar-refractivity contribution in [3.05, 3.63) is 0 Å². The van der Waals surface area contributed by atoms with Gasteiger partial charge < -0.3 is 0 Å². The number of hydrogen-bond donors (Lipinski definition) is 1. The van der Waals surface area contributed by atoms with Gasteiger partial charge in [0.2, 0.25) is 10.0 Å². The maximum Gasteiger partial charge on any atom is 0.209 e. The molecule has 0 atom stereocenters. The summed E-state index contributed by atoms with van der Waals surface area (Å²) in [5, 5.41) is 4.95. The summed E-state index contributed by atoms with van der Waals surface area (Å²) in [4.78, 5) is 0. The molecule has 20 heavy (non-hydrogen) atoms. The van der Waals surface area contributed by atoms with Crippen LogP contribution >= 0.6 is 0 Å². The van der Waals surface area contributed by atoms with E-state index in [2.05, 4.69) is 6.92 Å². The number of unbranched alkanes of at least 4 members (excludes halogenated alkanes) is 13. The lowest BCUT2D eigenvalue weighted by Crippen LogP contribution is -2.16. The molecular weight excluding hydrogens is 270 g/mol. The lowest BCUT2D eigenvalue weighted by molar-refractivity contribution is 0.537. The van der Waals surface area contributed by atoms with Gasteiger partial charge in [-0.15, -0.1) is 0 Å². The fourth-order valence-corrected chi connectivity index (χ4v) is 3.10. The van der Waals surface area contributed by atoms with Gasteiger partial charge in [0.15, 0.2) is 0 Å². The highest BCUT2D eigenvalue weighted by Gasteiger charge is 2.01. The zero-order valence-corrected chi connectivity index (χ0v) is 14.2. The Balaban J connectivity index is 3.03. The number of nitrogens with two attached hydrogens (primary N) is 1. The second-order valence-electron chi connectivity index (χ2n) is 5.96. The molecule has 0 aliphatic heterocycles. The van der Waals surface area contributed by atoms with Crippen LogP contribution in [0.5, 0.6) is 0 Å². The molecule has 0 aromatic heterocycles. The van der Waals surface area contributed by atoms with E-state index in [-0.39, 0.29) is 5.75 Å². The normalized spacial score (nSPS) is 11.9. The van der Waals surface area contributed by atoms with Crippen molar-refractivity contribution in [2.75, 3.05) is 5.75 Å². The first kappa shape index (κ1) is 19.9. The summed E-state index contributed by atoms with van der Waals surface area (Å²) in [6.45, 7) is 2.26. The molecule has 3 nitrogen and oxygen atoms in total. The Labute approximate surface area is 126 Å². The smallest absolute Gasteiger partial charge is 0.209 e. The quantitative estimate of drug-likeness (QED) is 0.444. The first-order valence-electron chi connectivity index (χ1n) is 8.56. The van der Waals surface area contributed by atoms with E-state index in [1.54, 1.807) is 0 Å². The van der Waals surface area contributed by atoms with E-state index < -0.39 is 10.0 Å². The maximum atomic E-state index is 10.7. The minimum Gasteiger partial charge on any atom is -0.229 e. The lowest BCUT2D eigenvalue weighted by Gasteiger charge is -2.03. The summed E-state index contributed by atoms with van der Waals surface area (Å²) in [7, 11) is -3.24. The molecule has 2 N–H and O–H groups in total. The van der Waals surface area contributed by atoms with E-state index in [0.29, 0.717) is 0 Å². The standard InChI is InChI=1S/C16H35NO2S/c1-2-3-4-5-6-7-8-9-10-11-12-13-14-15-16-20(17,18)19/h2-16H2,1H3,(H2,17,18,19). The monoisotopic (exact) mass is 305 g/mol. The highest BCUT2D eigenvalue weighted by molar-refractivity contribution is 7.89. The highest BCUT2D eigenvalue weighted by Crippen LogP contribution is 2.12. The van der Waals surface area contributed by atoms with Crippen molar-refractivity contribution in [3.63, 3.8) is 0 Å². The van der Waals surface area contributed by atoms with Crippen LogP contribution in [0.1, 0.15) is 96.8 Å². The van der Waals surface area contributed by atoms with Gasteiger partial charge >= 0.3 is 0 Å². The Morgan fingerprint density at radius 1 is 0.600 bits per heavy atom. The second-order valence-corrected chi connectivity index (χ2v) is 7.70. The molecule has 0 saturated heterocycles. The maximum absolute atomic E-state index is 10.7. The molecule has 0 aliphatic rings. The second kappa shape index (κ2) is 13.9. The minimum atomic E-state index is -3.24. The third kappa shape index (κ3) is 17.9. The Hall–Kier alpha value is -0.0900. The van der Waals surface area contributed by atoms with Crippen LogP contribution < -0.4 is 5.14 Å².